The van der Waals surface area contributed by atoms with E-state index in [1.165, 1.54) is 6.39 Å². The van der Waals surface area contributed by atoms with Crippen molar-refractivity contribution in [1.29, 1.82) is 0 Å². The van der Waals surface area contributed by atoms with Crippen LogP contribution in [0.2, 0.25) is 0 Å². The summed E-state index contributed by atoms with van der Waals surface area (Å²) in [4.78, 5) is 16.3. The lowest BCUT2D eigenvalue weighted by Crippen LogP contribution is -2.53. The minimum atomic E-state index is -0.316. The van der Waals surface area contributed by atoms with Crippen LogP contribution in [0.5, 0.6) is 0 Å². The quantitative estimate of drug-likeness (QED) is 0.870. The number of amides is 1. The lowest BCUT2D eigenvalue weighted by atomic mass is 9.95. The van der Waals surface area contributed by atoms with E-state index >= 15 is 0 Å². The van der Waals surface area contributed by atoms with Gasteiger partial charge in [0.25, 0.3) is 5.91 Å². The number of nitrogens with one attached hydrogen (secondary N) is 1. The molecule has 1 atom stereocenters. The fourth-order valence-electron chi connectivity index (χ4n) is 2.44. The van der Waals surface area contributed by atoms with Crippen molar-refractivity contribution < 1.29 is 9.32 Å². The summed E-state index contributed by atoms with van der Waals surface area (Å²) in [7, 11) is 0. The standard InChI is InChI=1S/C15H18N4O2/c1-15(8-16,12-6-7-12)18-14(20)11-4-2-10(3-5-11)13-17-9-21-19-13/h2-5,9,12H,6-8,16H2,1H3,(H,18,20). The Hall–Kier alpha value is -2.21. The lowest BCUT2D eigenvalue weighted by Gasteiger charge is -2.29. The first-order chi connectivity index (χ1) is 10.1. The zero-order valence-electron chi connectivity index (χ0n) is 11.9. The molecule has 0 radical (unpaired) electrons. The molecule has 0 bridgehead atoms. The summed E-state index contributed by atoms with van der Waals surface area (Å²) in [5, 5.41) is 6.82. The van der Waals surface area contributed by atoms with Crippen LogP contribution >= 0.6 is 0 Å². The number of rotatable bonds is 5. The third kappa shape index (κ3) is 2.80. The maximum atomic E-state index is 12.3. The first kappa shape index (κ1) is 13.8. The largest absolute Gasteiger partial charge is 0.345 e. The minimum absolute atomic E-state index is 0.102. The highest BCUT2D eigenvalue weighted by Gasteiger charge is 2.41. The van der Waals surface area contributed by atoms with Gasteiger partial charge >= 0.3 is 0 Å². The first-order valence-electron chi connectivity index (χ1n) is 7.02. The highest BCUT2D eigenvalue weighted by atomic mass is 16.5. The molecule has 21 heavy (non-hydrogen) atoms. The molecule has 110 valence electrons. The van der Waals surface area contributed by atoms with E-state index in [9.17, 15) is 4.79 Å². The molecule has 1 saturated carbocycles. The second kappa shape index (κ2) is 5.29. The molecule has 1 fully saturated rings. The van der Waals surface area contributed by atoms with E-state index in [0.29, 0.717) is 23.9 Å². The topological polar surface area (TPSA) is 94.0 Å². The fraction of sp³-hybridized carbons (Fsp3) is 0.400. The second-order valence-corrected chi connectivity index (χ2v) is 5.68. The van der Waals surface area contributed by atoms with E-state index in [-0.39, 0.29) is 11.4 Å². The summed E-state index contributed by atoms with van der Waals surface area (Å²) in [6, 6.07) is 7.11. The summed E-state index contributed by atoms with van der Waals surface area (Å²) in [5.74, 6) is 0.895. The van der Waals surface area contributed by atoms with Crippen LogP contribution in [-0.2, 0) is 0 Å². The number of hydrogen-bond acceptors (Lipinski definition) is 5. The van der Waals surface area contributed by atoms with Crippen LogP contribution in [0.25, 0.3) is 11.4 Å². The zero-order chi connectivity index (χ0) is 14.9. The monoisotopic (exact) mass is 286 g/mol. The number of nitrogens with zero attached hydrogens (tertiary/aromatic N) is 2. The van der Waals surface area contributed by atoms with Crippen LogP contribution in [0.1, 0.15) is 30.1 Å². The van der Waals surface area contributed by atoms with E-state index in [0.717, 1.165) is 18.4 Å². The van der Waals surface area contributed by atoms with Gasteiger partial charge in [0.1, 0.15) is 0 Å². The molecule has 0 spiro atoms. The fourth-order valence-corrected chi connectivity index (χ4v) is 2.44. The van der Waals surface area contributed by atoms with Gasteiger partial charge < -0.3 is 15.6 Å². The van der Waals surface area contributed by atoms with E-state index < -0.39 is 0 Å². The van der Waals surface area contributed by atoms with E-state index in [1.807, 2.05) is 6.92 Å². The Morgan fingerprint density at radius 2 is 2.14 bits per heavy atom. The van der Waals surface area contributed by atoms with Crippen molar-refractivity contribution in [3.63, 3.8) is 0 Å². The molecule has 1 heterocycles. The number of aromatic nitrogens is 2. The summed E-state index contributed by atoms with van der Waals surface area (Å²) >= 11 is 0. The molecule has 0 aliphatic heterocycles. The third-order valence-corrected chi connectivity index (χ3v) is 4.07. The Labute approximate surface area is 122 Å². The van der Waals surface area contributed by atoms with Crippen LogP contribution in [0.3, 0.4) is 0 Å². The maximum absolute atomic E-state index is 12.3. The first-order valence-corrected chi connectivity index (χ1v) is 7.02. The van der Waals surface area contributed by atoms with E-state index in [4.69, 9.17) is 10.3 Å². The Kier molecular flexibility index (Phi) is 3.47. The van der Waals surface area contributed by atoms with Crippen LogP contribution in [0.15, 0.2) is 35.2 Å². The highest BCUT2D eigenvalue weighted by Crippen LogP contribution is 2.39. The molecule has 1 aromatic carbocycles. The molecule has 1 aliphatic carbocycles. The van der Waals surface area contributed by atoms with Gasteiger partial charge in [0, 0.05) is 17.7 Å². The Bertz CT molecular complexity index is 620. The maximum Gasteiger partial charge on any atom is 0.251 e. The van der Waals surface area contributed by atoms with Crippen molar-refractivity contribution in [2.45, 2.75) is 25.3 Å². The van der Waals surface area contributed by atoms with E-state index in [2.05, 4.69) is 15.5 Å². The average Bonchev–Trinajstić information content (AvgIpc) is 3.23. The summed E-state index contributed by atoms with van der Waals surface area (Å²) in [6.45, 7) is 2.46. The van der Waals surface area contributed by atoms with Crippen LogP contribution in [0, 0.1) is 5.92 Å². The normalized spacial score (nSPS) is 17.2. The zero-order valence-corrected chi connectivity index (χ0v) is 11.9. The van der Waals surface area contributed by atoms with Crippen LogP contribution in [-0.4, -0.2) is 28.1 Å². The van der Waals surface area contributed by atoms with Crippen molar-refractivity contribution in [2.24, 2.45) is 11.7 Å². The number of carbonyl (C=O) groups excluding carboxylic acids is 1. The summed E-state index contributed by atoms with van der Waals surface area (Å²) in [6.07, 6.45) is 3.54. The van der Waals surface area contributed by atoms with Crippen LogP contribution in [0.4, 0.5) is 0 Å². The summed E-state index contributed by atoms with van der Waals surface area (Å²) in [5.41, 5.74) is 6.91. The molecule has 0 saturated heterocycles. The van der Waals surface area contributed by atoms with Gasteiger partial charge in [-0.15, -0.1) is 0 Å². The number of benzene rings is 1. The Balaban J connectivity index is 1.73. The molecular weight excluding hydrogens is 268 g/mol. The molecule has 1 aromatic heterocycles. The second-order valence-electron chi connectivity index (χ2n) is 5.68. The number of nitrogens with two attached hydrogens (primary N) is 1. The predicted octanol–water partition coefficient (Wildman–Crippen LogP) is 1.59. The van der Waals surface area contributed by atoms with Crippen molar-refractivity contribution in [3.05, 3.63) is 36.2 Å². The summed E-state index contributed by atoms with van der Waals surface area (Å²) < 4.78 is 4.71. The Morgan fingerprint density at radius 1 is 1.43 bits per heavy atom. The van der Waals surface area contributed by atoms with Crippen molar-refractivity contribution in [2.75, 3.05) is 6.54 Å². The molecule has 6 nitrogen and oxygen atoms in total. The van der Waals surface area contributed by atoms with Crippen molar-refractivity contribution in [1.82, 2.24) is 15.5 Å². The third-order valence-electron chi connectivity index (χ3n) is 4.07. The van der Waals surface area contributed by atoms with Gasteiger partial charge in [-0.1, -0.05) is 17.3 Å². The van der Waals surface area contributed by atoms with Gasteiger partial charge in [-0.05, 0) is 37.8 Å². The number of hydrogen-bond donors (Lipinski definition) is 2. The highest BCUT2D eigenvalue weighted by molar-refractivity contribution is 5.95. The Morgan fingerprint density at radius 3 is 2.67 bits per heavy atom. The predicted molar refractivity (Wildman–Crippen MR) is 77.4 cm³/mol. The number of carbonyl (C=O) groups is 1. The van der Waals surface area contributed by atoms with Gasteiger partial charge in [0.2, 0.25) is 12.2 Å². The van der Waals surface area contributed by atoms with Gasteiger partial charge in [-0.25, -0.2) is 0 Å². The van der Waals surface area contributed by atoms with Gasteiger partial charge in [0.15, 0.2) is 0 Å². The van der Waals surface area contributed by atoms with Crippen LogP contribution < -0.4 is 11.1 Å². The molecule has 1 aliphatic rings. The molecule has 2 aromatic rings. The molecule has 3 N–H and O–H groups in total. The minimum Gasteiger partial charge on any atom is -0.345 e. The molecule has 3 rings (SSSR count). The smallest absolute Gasteiger partial charge is 0.251 e. The van der Waals surface area contributed by atoms with Crippen molar-refractivity contribution >= 4 is 5.91 Å². The molecular formula is C15H18N4O2. The molecule has 1 unspecified atom stereocenters. The van der Waals surface area contributed by atoms with E-state index in [1.54, 1.807) is 24.3 Å². The molecule has 1 amide bonds. The van der Waals surface area contributed by atoms with Gasteiger partial charge in [0.05, 0.1) is 5.54 Å². The lowest BCUT2D eigenvalue weighted by molar-refractivity contribution is 0.0898. The molecule has 6 heteroatoms. The SMILES string of the molecule is CC(CN)(NC(=O)c1ccc(-c2ncon2)cc1)C1CC1. The average molecular weight is 286 g/mol. The van der Waals surface area contributed by atoms with Gasteiger partial charge in [-0.3, -0.25) is 4.79 Å². The van der Waals surface area contributed by atoms with Crippen molar-refractivity contribution in [3.8, 4) is 11.4 Å². The van der Waals surface area contributed by atoms with Gasteiger partial charge in [-0.2, -0.15) is 4.98 Å².